The van der Waals surface area contributed by atoms with Crippen LogP contribution in [0, 0.1) is 11.3 Å². The number of halogens is 2. The van der Waals surface area contributed by atoms with Crippen LogP contribution >= 0.6 is 23.2 Å². The molecule has 0 saturated carbocycles. The Kier molecular flexibility index (Phi) is 7.35. The average molecular weight is 439 g/mol. The summed E-state index contributed by atoms with van der Waals surface area (Å²) in [7, 11) is 0. The normalized spacial score (nSPS) is 11.2. The molecule has 1 heterocycles. The van der Waals surface area contributed by atoms with Gasteiger partial charge in [-0.05, 0) is 60.9 Å². The van der Waals surface area contributed by atoms with Gasteiger partial charge in [-0.15, -0.1) is 0 Å². The molecule has 1 aromatic heterocycles. The number of amides is 1. The first-order valence-electron chi connectivity index (χ1n) is 9.57. The lowest BCUT2D eigenvalue weighted by atomic mass is 10.1. The number of unbranched alkanes of at least 4 members (excludes halogenated alkanes) is 1. The van der Waals surface area contributed by atoms with E-state index in [0.29, 0.717) is 32.8 Å². The van der Waals surface area contributed by atoms with Gasteiger partial charge in [0.25, 0.3) is 5.91 Å². The standard InChI is InChI=1S/C24H20Cl2N2O2/c1-2-3-4-16-5-7-21(8-6-16)28-24(29)18(15-27)13-22-9-10-23(30-22)17-11-19(25)14-20(26)12-17/h5-14H,2-4H2,1H3,(H,28,29)/b18-13+. The highest BCUT2D eigenvalue weighted by atomic mass is 35.5. The van der Waals surface area contributed by atoms with Crippen LogP contribution in [0.1, 0.15) is 31.1 Å². The van der Waals surface area contributed by atoms with Gasteiger partial charge in [0.15, 0.2) is 0 Å². The number of carbonyl (C=O) groups is 1. The van der Waals surface area contributed by atoms with Crippen LogP contribution in [0.25, 0.3) is 17.4 Å². The topological polar surface area (TPSA) is 66.0 Å². The average Bonchev–Trinajstić information content (AvgIpc) is 3.19. The monoisotopic (exact) mass is 438 g/mol. The minimum absolute atomic E-state index is 0.0601. The zero-order valence-electron chi connectivity index (χ0n) is 16.4. The van der Waals surface area contributed by atoms with Gasteiger partial charge in [-0.2, -0.15) is 5.26 Å². The lowest BCUT2D eigenvalue weighted by Crippen LogP contribution is -2.13. The number of benzene rings is 2. The summed E-state index contributed by atoms with van der Waals surface area (Å²) in [6, 6.07) is 18.1. The SMILES string of the molecule is CCCCc1ccc(NC(=O)/C(C#N)=C/c2ccc(-c3cc(Cl)cc(Cl)c3)o2)cc1. The van der Waals surface area contributed by atoms with Crippen molar-refractivity contribution in [2.24, 2.45) is 0 Å². The Morgan fingerprint density at radius 3 is 2.43 bits per heavy atom. The van der Waals surface area contributed by atoms with Gasteiger partial charge in [0.1, 0.15) is 23.2 Å². The van der Waals surface area contributed by atoms with Crippen molar-refractivity contribution in [1.29, 1.82) is 5.26 Å². The van der Waals surface area contributed by atoms with E-state index in [0.717, 1.165) is 19.3 Å². The Bertz CT molecular complexity index is 1090. The van der Waals surface area contributed by atoms with Crippen molar-refractivity contribution in [2.45, 2.75) is 26.2 Å². The number of nitrogens with one attached hydrogen (secondary N) is 1. The van der Waals surface area contributed by atoms with Gasteiger partial charge >= 0.3 is 0 Å². The molecule has 3 aromatic rings. The molecule has 0 radical (unpaired) electrons. The summed E-state index contributed by atoms with van der Waals surface area (Å²) >= 11 is 12.1. The van der Waals surface area contributed by atoms with Gasteiger partial charge in [0.2, 0.25) is 0 Å². The predicted octanol–water partition coefficient (Wildman–Crippen LogP) is 7.14. The first kappa shape index (κ1) is 21.7. The third-order valence-corrected chi connectivity index (χ3v) is 4.89. The van der Waals surface area contributed by atoms with Gasteiger partial charge in [0.05, 0.1) is 0 Å². The Morgan fingerprint density at radius 2 is 1.80 bits per heavy atom. The van der Waals surface area contributed by atoms with E-state index in [2.05, 4.69) is 12.2 Å². The number of nitriles is 1. The minimum Gasteiger partial charge on any atom is -0.457 e. The quantitative estimate of drug-likeness (QED) is 0.314. The molecule has 30 heavy (non-hydrogen) atoms. The second-order valence-corrected chi connectivity index (χ2v) is 7.66. The maximum atomic E-state index is 12.5. The number of rotatable bonds is 7. The highest BCUT2D eigenvalue weighted by Crippen LogP contribution is 2.29. The molecule has 1 amide bonds. The number of nitrogens with zero attached hydrogens (tertiary/aromatic N) is 1. The van der Waals surface area contributed by atoms with Crippen LogP contribution in [-0.2, 0) is 11.2 Å². The summed E-state index contributed by atoms with van der Waals surface area (Å²) in [6.45, 7) is 2.15. The molecule has 0 fully saturated rings. The van der Waals surface area contributed by atoms with Crippen molar-refractivity contribution in [3.63, 3.8) is 0 Å². The molecule has 152 valence electrons. The third-order valence-electron chi connectivity index (χ3n) is 4.46. The van der Waals surface area contributed by atoms with Gasteiger partial charge in [-0.1, -0.05) is 48.7 Å². The van der Waals surface area contributed by atoms with E-state index < -0.39 is 5.91 Å². The third kappa shape index (κ3) is 5.76. The Hall–Kier alpha value is -3.00. The summed E-state index contributed by atoms with van der Waals surface area (Å²) in [6.07, 6.45) is 4.67. The Balaban J connectivity index is 1.73. The second kappa shape index (κ2) is 10.2. The number of hydrogen-bond donors (Lipinski definition) is 1. The Morgan fingerprint density at radius 1 is 1.10 bits per heavy atom. The first-order valence-corrected chi connectivity index (χ1v) is 10.3. The van der Waals surface area contributed by atoms with Crippen LogP contribution in [0.2, 0.25) is 10.0 Å². The molecule has 1 N–H and O–H groups in total. The fourth-order valence-corrected chi connectivity index (χ4v) is 3.43. The summed E-state index contributed by atoms with van der Waals surface area (Å²) in [5.74, 6) is 0.413. The maximum absolute atomic E-state index is 12.5. The van der Waals surface area contributed by atoms with E-state index in [1.165, 1.54) is 11.6 Å². The van der Waals surface area contributed by atoms with Crippen LogP contribution in [0.15, 0.2) is 64.6 Å². The molecule has 0 unspecified atom stereocenters. The second-order valence-electron chi connectivity index (χ2n) is 6.78. The van der Waals surface area contributed by atoms with Crippen LogP contribution in [0.4, 0.5) is 5.69 Å². The molecule has 0 aliphatic rings. The molecule has 3 rings (SSSR count). The van der Waals surface area contributed by atoms with Gasteiger partial charge in [-0.25, -0.2) is 0 Å². The van der Waals surface area contributed by atoms with E-state index >= 15 is 0 Å². The lowest BCUT2D eigenvalue weighted by Gasteiger charge is -2.06. The van der Waals surface area contributed by atoms with Crippen LogP contribution in [0.5, 0.6) is 0 Å². The largest absolute Gasteiger partial charge is 0.457 e. The van der Waals surface area contributed by atoms with Crippen molar-refractivity contribution in [1.82, 2.24) is 0 Å². The molecule has 2 aromatic carbocycles. The van der Waals surface area contributed by atoms with Crippen molar-refractivity contribution in [2.75, 3.05) is 5.32 Å². The Labute approximate surface area is 185 Å². The summed E-state index contributed by atoms with van der Waals surface area (Å²) in [5.41, 5.74) is 2.50. The van der Waals surface area contributed by atoms with E-state index in [9.17, 15) is 10.1 Å². The highest BCUT2D eigenvalue weighted by molar-refractivity contribution is 6.35. The number of aryl methyl sites for hydroxylation is 1. The molecule has 0 atom stereocenters. The fraction of sp³-hybridized carbons (Fsp3) is 0.167. The van der Waals surface area contributed by atoms with Gasteiger partial charge in [0, 0.05) is 27.4 Å². The van der Waals surface area contributed by atoms with Crippen molar-refractivity contribution >= 4 is 40.9 Å². The van der Waals surface area contributed by atoms with E-state index in [4.69, 9.17) is 27.6 Å². The molecular formula is C24H20Cl2N2O2. The maximum Gasteiger partial charge on any atom is 0.266 e. The smallest absolute Gasteiger partial charge is 0.266 e. The minimum atomic E-state index is -0.498. The molecule has 0 bridgehead atoms. The molecular weight excluding hydrogens is 419 g/mol. The van der Waals surface area contributed by atoms with Gasteiger partial charge in [-0.3, -0.25) is 4.79 Å². The van der Waals surface area contributed by atoms with Crippen LogP contribution < -0.4 is 5.32 Å². The lowest BCUT2D eigenvalue weighted by molar-refractivity contribution is -0.112. The summed E-state index contributed by atoms with van der Waals surface area (Å²) < 4.78 is 5.74. The van der Waals surface area contributed by atoms with E-state index in [-0.39, 0.29) is 5.57 Å². The zero-order valence-corrected chi connectivity index (χ0v) is 17.9. The summed E-state index contributed by atoms with van der Waals surface area (Å²) in [5, 5.41) is 13.1. The van der Waals surface area contributed by atoms with Crippen molar-refractivity contribution in [3.8, 4) is 17.4 Å². The number of hydrogen-bond acceptors (Lipinski definition) is 3. The molecule has 0 spiro atoms. The number of carbonyl (C=O) groups excluding carboxylic acids is 1. The van der Waals surface area contributed by atoms with E-state index in [1.807, 2.05) is 30.3 Å². The summed E-state index contributed by atoms with van der Waals surface area (Å²) in [4.78, 5) is 12.5. The predicted molar refractivity (Wildman–Crippen MR) is 121 cm³/mol. The molecule has 0 saturated heterocycles. The van der Waals surface area contributed by atoms with Crippen molar-refractivity contribution < 1.29 is 9.21 Å². The number of anilines is 1. The first-order chi connectivity index (χ1) is 14.5. The zero-order chi connectivity index (χ0) is 21.5. The van der Waals surface area contributed by atoms with Gasteiger partial charge < -0.3 is 9.73 Å². The molecule has 0 aliphatic heterocycles. The molecule has 4 nitrogen and oxygen atoms in total. The molecule has 0 aliphatic carbocycles. The fourth-order valence-electron chi connectivity index (χ4n) is 2.91. The molecule has 6 heteroatoms. The highest BCUT2D eigenvalue weighted by Gasteiger charge is 2.12. The number of furan rings is 1. The van der Waals surface area contributed by atoms with Crippen molar-refractivity contribution in [3.05, 3.63) is 81.5 Å². The van der Waals surface area contributed by atoms with Crippen LogP contribution in [-0.4, -0.2) is 5.91 Å². The van der Waals surface area contributed by atoms with E-state index in [1.54, 1.807) is 30.3 Å². The van der Waals surface area contributed by atoms with Crippen LogP contribution in [0.3, 0.4) is 0 Å².